The molecule has 2 aliphatic heterocycles. The molecule has 3 heteroatoms. The molecular weight excluding hydrogens is 416 g/mol. The molecule has 0 saturated carbocycles. The normalized spacial score (nSPS) is 19.2. The first-order valence-corrected chi connectivity index (χ1v) is 12.3. The van der Waals surface area contributed by atoms with Gasteiger partial charge in [0.15, 0.2) is 0 Å². The average Bonchev–Trinajstić information content (AvgIpc) is 3.07. The van der Waals surface area contributed by atoms with E-state index in [4.69, 9.17) is 4.74 Å². The van der Waals surface area contributed by atoms with E-state index in [2.05, 4.69) is 97.1 Å². The third-order valence-electron chi connectivity index (χ3n) is 6.06. The van der Waals surface area contributed by atoms with E-state index in [9.17, 15) is 0 Å². The molecule has 4 aromatic rings. The van der Waals surface area contributed by atoms with Crippen molar-refractivity contribution in [3.8, 4) is 0 Å². The van der Waals surface area contributed by atoms with Crippen molar-refractivity contribution < 1.29 is 4.74 Å². The minimum atomic E-state index is 0.0284. The second-order valence-electron chi connectivity index (χ2n) is 8.02. The summed E-state index contributed by atoms with van der Waals surface area (Å²) in [5, 5.41) is 0. The summed E-state index contributed by atoms with van der Waals surface area (Å²) >= 11 is 3.73. The molecule has 0 unspecified atom stereocenters. The molecule has 1 nitrogen and oxygen atoms in total. The molecule has 0 spiro atoms. The molecule has 0 saturated heterocycles. The molecular formula is C28H22OS2. The van der Waals surface area contributed by atoms with Crippen LogP contribution in [0.3, 0.4) is 0 Å². The topological polar surface area (TPSA) is 9.23 Å². The summed E-state index contributed by atoms with van der Waals surface area (Å²) in [6.45, 7) is 0. The van der Waals surface area contributed by atoms with Gasteiger partial charge in [0, 0.05) is 32.4 Å². The number of ether oxygens (including phenoxy) is 1. The summed E-state index contributed by atoms with van der Waals surface area (Å²) in [6.07, 6.45) is 1.85. The van der Waals surface area contributed by atoms with E-state index < -0.39 is 0 Å². The van der Waals surface area contributed by atoms with Gasteiger partial charge >= 0.3 is 0 Å². The highest BCUT2D eigenvalue weighted by Crippen LogP contribution is 2.47. The van der Waals surface area contributed by atoms with Gasteiger partial charge in [0.25, 0.3) is 0 Å². The molecule has 0 fully saturated rings. The molecule has 2 heterocycles. The van der Waals surface area contributed by atoms with E-state index in [1.165, 1.54) is 41.8 Å². The zero-order chi connectivity index (χ0) is 20.6. The third-order valence-corrected chi connectivity index (χ3v) is 8.48. The second-order valence-corrected chi connectivity index (χ2v) is 10.2. The molecule has 6 rings (SSSR count). The average molecular weight is 439 g/mol. The van der Waals surface area contributed by atoms with Crippen LogP contribution in [0.25, 0.3) is 0 Å². The number of fused-ring (bicyclic) bond motifs is 4. The summed E-state index contributed by atoms with van der Waals surface area (Å²) in [6, 6.07) is 35.0. The van der Waals surface area contributed by atoms with Crippen LogP contribution < -0.4 is 0 Å². The molecule has 0 aliphatic carbocycles. The van der Waals surface area contributed by atoms with Crippen LogP contribution >= 0.6 is 23.5 Å². The van der Waals surface area contributed by atoms with Gasteiger partial charge in [0.2, 0.25) is 0 Å². The fraction of sp³-hybridized carbons (Fsp3) is 0.143. The molecule has 0 N–H and O–H groups in total. The first kappa shape index (κ1) is 19.2. The molecule has 31 heavy (non-hydrogen) atoms. The monoisotopic (exact) mass is 438 g/mol. The maximum atomic E-state index is 7.03. The van der Waals surface area contributed by atoms with Gasteiger partial charge in [0.1, 0.15) is 0 Å². The second kappa shape index (κ2) is 8.23. The Labute approximate surface area is 191 Å². The van der Waals surface area contributed by atoms with Crippen molar-refractivity contribution in [2.45, 2.75) is 44.6 Å². The van der Waals surface area contributed by atoms with Gasteiger partial charge in [-0.05, 0) is 46.5 Å². The zero-order valence-electron chi connectivity index (χ0n) is 17.0. The van der Waals surface area contributed by atoms with Gasteiger partial charge in [-0.2, -0.15) is 0 Å². The third kappa shape index (κ3) is 3.71. The van der Waals surface area contributed by atoms with E-state index in [-0.39, 0.29) is 12.2 Å². The van der Waals surface area contributed by atoms with Crippen molar-refractivity contribution in [2.24, 2.45) is 0 Å². The Kier molecular flexibility index (Phi) is 5.11. The number of hydrogen-bond donors (Lipinski definition) is 0. The molecule has 0 aromatic heterocycles. The highest BCUT2D eigenvalue weighted by molar-refractivity contribution is 7.99. The Morgan fingerprint density at radius 1 is 0.484 bits per heavy atom. The lowest BCUT2D eigenvalue weighted by Crippen LogP contribution is -2.15. The van der Waals surface area contributed by atoms with Crippen molar-refractivity contribution in [1.82, 2.24) is 0 Å². The van der Waals surface area contributed by atoms with E-state index >= 15 is 0 Å². The van der Waals surface area contributed by atoms with Crippen LogP contribution in [0, 0.1) is 0 Å². The molecule has 152 valence electrons. The van der Waals surface area contributed by atoms with Crippen LogP contribution in [0.1, 0.15) is 34.5 Å². The maximum absolute atomic E-state index is 7.03. The molecule has 0 bridgehead atoms. The number of hydrogen-bond acceptors (Lipinski definition) is 3. The van der Waals surface area contributed by atoms with E-state index in [1.54, 1.807) is 0 Å². The summed E-state index contributed by atoms with van der Waals surface area (Å²) in [5.74, 6) is 0. The predicted octanol–water partition coefficient (Wildman–Crippen LogP) is 7.90. The smallest absolute Gasteiger partial charge is 0.0885 e. The van der Waals surface area contributed by atoms with Crippen molar-refractivity contribution in [1.29, 1.82) is 0 Å². The van der Waals surface area contributed by atoms with Gasteiger partial charge in [-0.25, -0.2) is 0 Å². The Morgan fingerprint density at radius 2 is 0.871 bits per heavy atom. The van der Waals surface area contributed by atoms with E-state index in [0.717, 1.165) is 12.8 Å². The summed E-state index contributed by atoms with van der Waals surface area (Å²) in [7, 11) is 0. The summed E-state index contributed by atoms with van der Waals surface area (Å²) < 4.78 is 7.03. The maximum Gasteiger partial charge on any atom is 0.0885 e. The van der Waals surface area contributed by atoms with Crippen LogP contribution in [0.2, 0.25) is 0 Å². The lowest BCUT2D eigenvalue weighted by molar-refractivity contribution is -0.0175. The highest BCUT2D eigenvalue weighted by Gasteiger charge is 2.29. The highest BCUT2D eigenvalue weighted by atomic mass is 32.2. The predicted molar refractivity (Wildman–Crippen MR) is 128 cm³/mol. The van der Waals surface area contributed by atoms with E-state index in [0.29, 0.717) is 0 Å². The lowest BCUT2D eigenvalue weighted by Gasteiger charge is -2.26. The first-order chi connectivity index (χ1) is 15.3. The fourth-order valence-electron chi connectivity index (χ4n) is 4.52. The van der Waals surface area contributed by atoms with Crippen LogP contribution in [-0.2, 0) is 17.6 Å². The minimum absolute atomic E-state index is 0.0284. The van der Waals surface area contributed by atoms with Gasteiger partial charge in [0.05, 0.1) is 12.2 Å². The van der Waals surface area contributed by atoms with Crippen LogP contribution in [0.15, 0.2) is 117 Å². The molecule has 4 aromatic carbocycles. The lowest BCUT2D eigenvalue weighted by atomic mass is 9.98. The summed E-state index contributed by atoms with van der Waals surface area (Å²) in [4.78, 5) is 5.27. The number of benzene rings is 4. The van der Waals surface area contributed by atoms with Crippen LogP contribution in [0.5, 0.6) is 0 Å². The molecule has 0 radical (unpaired) electrons. The van der Waals surface area contributed by atoms with Crippen molar-refractivity contribution in [3.63, 3.8) is 0 Å². The Balaban J connectivity index is 1.43. The zero-order valence-corrected chi connectivity index (χ0v) is 18.7. The Bertz CT molecular complexity index is 1150. The molecule has 0 amide bonds. The van der Waals surface area contributed by atoms with Crippen molar-refractivity contribution >= 4 is 23.5 Å². The minimum Gasteiger partial charge on any atom is -0.365 e. The van der Waals surface area contributed by atoms with Gasteiger partial charge in [-0.3, -0.25) is 0 Å². The first-order valence-electron chi connectivity index (χ1n) is 10.7. The van der Waals surface area contributed by atoms with E-state index in [1.807, 2.05) is 23.5 Å². The molecule has 2 aliphatic rings. The number of rotatable bonds is 2. The summed E-state index contributed by atoms with van der Waals surface area (Å²) in [5.41, 5.74) is 5.33. The fourth-order valence-corrected chi connectivity index (χ4v) is 6.78. The quantitative estimate of drug-likeness (QED) is 0.315. The van der Waals surface area contributed by atoms with Gasteiger partial charge in [-0.15, -0.1) is 0 Å². The van der Waals surface area contributed by atoms with Crippen molar-refractivity contribution in [2.75, 3.05) is 0 Å². The van der Waals surface area contributed by atoms with Crippen LogP contribution in [-0.4, -0.2) is 0 Å². The standard InChI is InChI=1S/C28H22OS2/c1-5-13-25-19(9-1)17-23(21-11-3-7-15-27(21)30-25)29-24-18-20-10-2-6-14-26(20)31-28-16-8-4-12-22(24)28/h1-16,23-24H,17-18H2/t23-,24-/m1/s1. The Morgan fingerprint density at radius 3 is 1.35 bits per heavy atom. The Hall–Kier alpha value is -2.46. The molecule has 2 atom stereocenters. The van der Waals surface area contributed by atoms with Gasteiger partial charge in [-0.1, -0.05) is 96.3 Å². The SMILES string of the molecule is c1ccc2c(c1)C[C@@H](O[C@@H]1Cc3ccccc3Sc3ccccc31)c1ccccc1S2. The van der Waals surface area contributed by atoms with Crippen molar-refractivity contribution in [3.05, 3.63) is 119 Å². The van der Waals surface area contributed by atoms with Gasteiger partial charge < -0.3 is 4.74 Å². The largest absolute Gasteiger partial charge is 0.365 e. The van der Waals surface area contributed by atoms with Crippen LogP contribution in [0.4, 0.5) is 0 Å².